The molecule has 0 aromatic carbocycles. The van der Waals surface area contributed by atoms with Crippen LogP contribution in [0.15, 0.2) is 0 Å². The maximum Gasteiger partial charge on any atom is 0.0289 e. The largest absolute Gasteiger partial charge is 0.131 e. The van der Waals surface area contributed by atoms with Crippen molar-refractivity contribution in [3.8, 4) is 5.18 Å². The first-order valence-corrected chi connectivity index (χ1v) is 4.20. The summed E-state index contributed by atoms with van der Waals surface area (Å²) in [5.41, 5.74) is 0. The van der Waals surface area contributed by atoms with Crippen molar-refractivity contribution < 1.29 is 0 Å². The van der Waals surface area contributed by atoms with Gasteiger partial charge in [0.2, 0.25) is 0 Å². The Balaban J connectivity index is 2.39. The molecule has 0 saturated carbocycles. The smallest absolute Gasteiger partial charge is 0.0289 e. The van der Waals surface area contributed by atoms with E-state index in [2.05, 4.69) is 12.1 Å². The second-order valence-electron chi connectivity index (χ2n) is 2.18. The molecular formula is C7H12S. The average molecular weight is 128 g/mol. The molecule has 1 aliphatic heterocycles. The van der Waals surface area contributed by atoms with Crippen LogP contribution in [0.4, 0.5) is 0 Å². The zero-order valence-electron chi connectivity index (χ0n) is 5.31. The van der Waals surface area contributed by atoms with Crippen LogP contribution < -0.4 is 0 Å². The first-order valence-electron chi connectivity index (χ1n) is 3.32. The summed E-state index contributed by atoms with van der Waals surface area (Å²) in [5.74, 6) is 0. The fraction of sp³-hybridized carbons (Fsp3) is 0.857. The molecule has 0 unspecified atom stereocenters. The molecular weight excluding hydrogens is 116 g/mol. The third kappa shape index (κ3) is 1.50. The maximum absolute atomic E-state index is 3.30. The molecule has 0 saturated heterocycles. The van der Waals surface area contributed by atoms with Gasteiger partial charge in [-0.05, 0) is 19.3 Å². The molecule has 1 rings (SSSR count). The van der Waals surface area contributed by atoms with E-state index in [1.807, 2.05) is 11.2 Å². The van der Waals surface area contributed by atoms with Crippen LogP contribution >= 0.6 is 11.2 Å². The molecule has 1 heterocycles. The van der Waals surface area contributed by atoms with E-state index in [9.17, 15) is 0 Å². The van der Waals surface area contributed by atoms with Gasteiger partial charge in [-0.3, -0.25) is 0 Å². The van der Waals surface area contributed by atoms with Gasteiger partial charge in [-0.15, -0.1) is 11.2 Å². The molecule has 1 aliphatic rings. The van der Waals surface area contributed by atoms with Crippen LogP contribution in [-0.2, 0) is 0 Å². The Morgan fingerprint density at radius 2 is 2.62 bits per heavy atom. The fourth-order valence-corrected chi connectivity index (χ4v) is 1.87. The molecule has 0 aliphatic carbocycles. The molecule has 0 aromatic heterocycles. The number of hydrogen-bond acceptors (Lipinski definition) is 0. The molecule has 1 atom stereocenters. The Morgan fingerprint density at radius 3 is 3.00 bits per heavy atom. The lowest BCUT2D eigenvalue weighted by Crippen LogP contribution is -1.98. The summed E-state index contributed by atoms with van der Waals surface area (Å²) in [6, 6.07) is 0. The summed E-state index contributed by atoms with van der Waals surface area (Å²) in [4.78, 5) is 0. The monoisotopic (exact) mass is 128 g/mol. The van der Waals surface area contributed by atoms with Crippen molar-refractivity contribution in [2.24, 2.45) is 0 Å². The van der Waals surface area contributed by atoms with Crippen molar-refractivity contribution in [2.75, 3.05) is 0 Å². The van der Waals surface area contributed by atoms with Gasteiger partial charge in [-0.1, -0.05) is 12.1 Å². The van der Waals surface area contributed by atoms with E-state index in [0.717, 1.165) is 5.25 Å². The summed E-state index contributed by atoms with van der Waals surface area (Å²) < 4.78 is 0. The van der Waals surface area contributed by atoms with Gasteiger partial charge in [0, 0.05) is 11.7 Å². The topological polar surface area (TPSA) is 0 Å². The maximum atomic E-state index is 3.30. The van der Waals surface area contributed by atoms with Gasteiger partial charge in [0.1, 0.15) is 0 Å². The van der Waals surface area contributed by atoms with Crippen LogP contribution in [0, 0.1) is 5.18 Å². The lowest BCUT2D eigenvalue weighted by molar-refractivity contribution is 0.691. The van der Waals surface area contributed by atoms with Gasteiger partial charge < -0.3 is 0 Å². The minimum Gasteiger partial charge on any atom is -0.131 e. The standard InChI is InChI=1S/C7H12S/c1-2-7-5-3-4-6-8-7/h7H,2-5H2,1H3/t7-/m0/s1. The Labute approximate surface area is 54.9 Å². The predicted octanol–water partition coefficient (Wildman–Crippen LogP) is 2.64. The molecule has 1 heteroatoms. The van der Waals surface area contributed by atoms with Crippen LogP contribution in [0.3, 0.4) is 0 Å². The second-order valence-corrected chi connectivity index (χ2v) is 3.38. The van der Waals surface area contributed by atoms with E-state index in [0.29, 0.717) is 0 Å². The molecule has 0 aromatic rings. The summed E-state index contributed by atoms with van der Waals surface area (Å²) in [6.07, 6.45) is 5.30. The molecule has 8 heavy (non-hydrogen) atoms. The number of hydrogen-bond donors (Lipinski definition) is 0. The highest BCUT2D eigenvalue weighted by Crippen LogP contribution is 2.17. The highest BCUT2D eigenvalue weighted by atomic mass is 32.1. The third-order valence-electron chi connectivity index (χ3n) is 1.51. The van der Waals surface area contributed by atoms with Crippen LogP contribution in [-0.4, -0.2) is 5.25 Å². The second kappa shape index (κ2) is 3.11. The third-order valence-corrected chi connectivity index (χ3v) is 2.78. The van der Waals surface area contributed by atoms with Crippen molar-refractivity contribution in [3.63, 3.8) is 0 Å². The van der Waals surface area contributed by atoms with Gasteiger partial charge in [-0.25, -0.2) is 0 Å². The molecule has 0 bridgehead atoms. The average Bonchev–Trinajstić information content (AvgIpc) is 1.90. The van der Waals surface area contributed by atoms with E-state index in [1.165, 1.54) is 25.7 Å². The fourth-order valence-electron chi connectivity index (χ4n) is 0.925. The van der Waals surface area contributed by atoms with Crippen LogP contribution in [0.25, 0.3) is 0 Å². The molecule has 0 spiro atoms. The van der Waals surface area contributed by atoms with Crippen LogP contribution in [0.2, 0.25) is 0 Å². The first-order chi connectivity index (χ1) is 3.93. The zero-order chi connectivity index (χ0) is 5.82. The van der Waals surface area contributed by atoms with E-state index in [4.69, 9.17) is 0 Å². The van der Waals surface area contributed by atoms with E-state index in [1.54, 1.807) is 0 Å². The van der Waals surface area contributed by atoms with Crippen molar-refractivity contribution in [2.45, 2.75) is 37.9 Å². The lowest BCUT2D eigenvalue weighted by Gasteiger charge is -2.08. The van der Waals surface area contributed by atoms with Gasteiger partial charge in [0.05, 0.1) is 0 Å². The molecule has 46 valence electrons. The highest BCUT2D eigenvalue weighted by Gasteiger charge is 2.03. The molecule has 0 amide bonds. The summed E-state index contributed by atoms with van der Waals surface area (Å²) >= 11 is 1.91. The van der Waals surface area contributed by atoms with E-state index >= 15 is 0 Å². The van der Waals surface area contributed by atoms with Gasteiger partial charge in [0.25, 0.3) is 0 Å². The summed E-state index contributed by atoms with van der Waals surface area (Å²) in [6.45, 7) is 2.25. The molecule has 0 N–H and O–H groups in total. The lowest BCUT2D eigenvalue weighted by atomic mass is 10.1. The Bertz CT molecular complexity index is 118. The normalized spacial score (nSPS) is 27.4. The highest BCUT2D eigenvalue weighted by molar-refractivity contribution is 7.89. The zero-order valence-corrected chi connectivity index (χ0v) is 6.13. The van der Waals surface area contributed by atoms with Crippen molar-refractivity contribution in [1.82, 2.24) is 0 Å². The Morgan fingerprint density at radius 1 is 1.75 bits per heavy atom. The SMILES string of the molecule is CC[C@H]1CCCC#S1. The first kappa shape index (κ1) is 6.12. The van der Waals surface area contributed by atoms with E-state index in [-0.39, 0.29) is 0 Å². The van der Waals surface area contributed by atoms with Crippen molar-refractivity contribution in [3.05, 3.63) is 0 Å². The van der Waals surface area contributed by atoms with E-state index < -0.39 is 0 Å². The van der Waals surface area contributed by atoms with Crippen LogP contribution in [0.1, 0.15) is 32.6 Å². The van der Waals surface area contributed by atoms with Crippen LogP contribution in [0.5, 0.6) is 0 Å². The van der Waals surface area contributed by atoms with Crippen molar-refractivity contribution >= 4 is 11.2 Å². The molecule has 0 fully saturated rings. The predicted molar refractivity (Wildman–Crippen MR) is 39.4 cm³/mol. The van der Waals surface area contributed by atoms with Crippen molar-refractivity contribution in [1.29, 1.82) is 0 Å². The Hall–Kier alpha value is 0. The summed E-state index contributed by atoms with van der Waals surface area (Å²) in [5, 5.41) is 4.19. The van der Waals surface area contributed by atoms with Gasteiger partial charge >= 0.3 is 0 Å². The quantitative estimate of drug-likeness (QED) is 0.509. The molecule has 0 radical (unpaired) electrons. The van der Waals surface area contributed by atoms with Gasteiger partial charge in [-0.2, -0.15) is 0 Å². The summed E-state index contributed by atoms with van der Waals surface area (Å²) in [7, 11) is 0. The number of rotatable bonds is 1. The minimum absolute atomic E-state index is 0.892. The minimum atomic E-state index is 0.892. The molecule has 0 nitrogen and oxygen atoms in total. The van der Waals surface area contributed by atoms with Gasteiger partial charge in [0.15, 0.2) is 0 Å². The Kier molecular flexibility index (Phi) is 2.38.